The quantitative estimate of drug-likeness (QED) is 0.683. The van der Waals surface area contributed by atoms with Crippen LogP contribution in [0.2, 0.25) is 0 Å². The van der Waals surface area contributed by atoms with E-state index in [1.807, 2.05) is 13.8 Å². The lowest BCUT2D eigenvalue weighted by Crippen LogP contribution is -2.39. The van der Waals surface area contributed by atoms with Crippen LogP contribution < -0.4 is 10.6 Å². The molecule has 0 aliphatic rings. The largest absolute Gasteiger partial charge is 0.337 e. The average Bonchev–Trinajstić information content (AvgIpc) is 3.12. The Morgan fingerprint density at radius 1 is 1.57 bits per heavy atom. The number of carbonyl (C=O) groups is 1. The van der Waals surface area contributed by atoms with Crippen molar-refractivity contribution in [2.24, 2.45) is 5.92 Å². The summed E-state index contributed by atoms with van der Waals surface area (Å²) < 4.78 is 5.21. The van der Waals surface area contributed by atoms with Crippen molar-refractivity contribution in [2.75, 3.05) is 6.54 Å². The van der Waals surface area contributed by atoms with E-state index in [1.165, 1.54) is 6.33 Å². The molecule has 0 fully saturated rings. The highest BCUT2D eigenvalue weighted by atomic mass is 16.5. The number of H-pyrrole nitrogens is 1. The number of hydrogen-bond acceptors (Lipinski definition) is 6. The third kappa shape index (κ3) is 3.65. The number of hydrogen-bond donors (Lipinski definition) is 3. The van der Waals surface area contributed by atoms with Gasteiger partial charge in [-0.2, -0.15) is 10.1 Å². The Labute approximate surface area is 121 Å². The summed E-state index contributed by atoms with van der Waals surface area (Å²) in [6.07, 6.45) is 2.95. The van der Waals surface area contributed by atoms with Crippen LogP contribution in [0.15, 0.2) is 23.5 Å². The Morgan fingerprint density at radius 2 is 2.38 bits per heavy atom. The molecule has 0 saturated carbocycles. The molecule has 0 radical (unpaired) electrons. The first-order valence-electron chi connectivity index (χ1n) is 6.46. The van der Waals surface area contributed by atoms with Crippen LogP contribution in [0, 0.1) is 5.92 Å². The van der Waals surface area contributed by atoms with Gasteiger partial charge in [0.05, 0.1) is 0 Å². The highest BCUT2D eigenvalue weighted by Crippen LogP contribution is 2.21. The van der Waals surface area contributed by atoms with Crippen LogP contribution in [0.4, 0.5) is 4.79 Å². The van der Waals surface area contributed by atoms with E-state index in [2.05, 4.69) is 42.5 Å². The van der Waals surface area contributed by atoms with Crippen molar-refractivity contribution < 1.29 is 9.32 Å². The van der Waals surface area contributed by atoms with Gasteiger partial charge in [0.15, 0.2) is 5.82 Å². The SMILES string of the molecule is C=CCNC(=O)N[C@H](c1nc(-c2ncn[nH]2)no1)C(C)C. The van der Waals surface area contributed by atoms with E-state index in [-0.39, 0.29) is 11.9 Å². The van der Waals surface area contributed by atoms with Crippen LogP contribution >= 0.6 is 0 Å². The van der Waals surface area contributed by atoms with Crippen LogP contribution in [0.5, 0.6) is 0 Å². The molecule has 1 atom stereocenters. The standard InChI is InChI=1S/C12H17N7O2/c1-4-5-13-12(20)16-8(7(2)3)11-17-10(19-21-11)9-14-6-15-18-9/h4,6-8H,1,5H2,2-3H3,(H2,13,16,20)(H,14,15,18)/t8-/m0/s1. The molecule has 9 nitrogen and oxygen atoms in total. The molecule has 2 aromatic rings. The van der Waals surface area contributed by atoms with Gasteiger partial charge in [-0.05, 0) is 5.92 Å². The maximum absolute atomic E-state index is 11.7. The summed E-state index contributed by atoms with van der Waals surface area (Å²) in [5.74, 6) is 1.08. The van der Waals surface area contributed by atoms with E-state index >= 15 is 0 Å². The van der Waals surface area contributed by atoms with Gasteiger partial charge in [-0.25, -0.2) is 9.78 Å². The molecular formula is C12H17N7O2. The summed E-state index contributed by atoms with van der Waals surface area (Å²) in [7, 11) is 0. The topological polar surface area (TPSA) is 122 Å². The molecule has 2 aromatic heterocycles. The van der Waals surface area contributed by atoms with Crippen molar-refractivity contribution in [3.05, 3.63) is 24.9 Å². The van der Waals surface area contributed by atoms with Crippen LogP contribution in [-0.2, 0) is 0 Å². The number of carbonyl (C=O) groups excluding carboxylic acids is 1. The lowest BCUT2D eigenvalue weighted by Gasteiger charge is -2.18. The fraction of sp³-hybridized carbons (Fsp3) is 0.417. The van der Waals surface area contributed by atoms with Gasteiger partial charge in [-0.15, -0.1) is 6.58 Å². The molecule has 112 valence electrons. The Hall–Kier alpha value is -2.71. The number of nitrogens with one attached hydrogen (secondary N) is 3. The summed E-state index contributed by atoms with van der Waals surface area (Å²) in [4.78, 5) is 19.9. The zero-order valence-corrected chi connectivity index (χ0v) is 11.8. The first-order valence-corrected chi connectivity index (χ1v) is 6.46. The molecule has 9 heteroatoms. The van der Waals surface area contributed by atoms with Gasteiger partial charge >= 0.3 is 6.03 Å². The normalized spacial score (nSPS) is 12.1. The molecule has 3 N–H and O–H groups in total. The second-order valence-electron chi connectivity index (χ2n) is 4.66. The van der Waals surface area contributed by atoms with Gasteiger partial charge in [0.25, 0.3) is 0 Å². The molecule has 0 aromatic carbocycles. The Balaban J connectivity index is 2.11. The van der Waals surface area contributed by atoms with Crippen molar-refractivity contribution >= 4 is 6.03 Å². The van der Waals surface area contributed by atoms with Gasteiger partial charge < -0.3 is 15.2 Å². The van der Waals surface area contributed by atoms with Crippen LogP contribution in [0.1, 0.15) is 25.8 Å². The van der Waals surface area contributed by atoms with Crippen molar-refractivity contribution in [3.8, 4) is 11.6 Å². The summed E-state index contributed by atoms with van der Waals surface area (Å²) in [6, 6.07) is -0.730. The monoisotopic (exact) mass is 291 g/mol. The molecular weight excluding hydrogens is 274 g/mol. The Morgan fingerprint density at radius 3 is 3.00 bits per heavy atom. The molecule has 21 heavy (non-hydrogen) atoms. The van der Waals surface area contributed by atoms with E-state index in [1.54, 1.807) is 6.08 Å². The Bertz CT molecular complexity index is 591. The minimum Gasteiger partial charge on any atom is -0.337 e. The van der Waals surface area contributed by atoms with Gasteiger partial charge in [0.2, 0.25) is 11.7 Å². The maximum Gasteiger partial charge on any atom is 0.315 e. The summed E-state index contributed by atoms with van der Waals surface area (Å²) in [6.45, 7) is 7.80. The number of aromatic amines is 1. The predicted molar refractivity (Wildman–Crippen MR) is 74.0 cm³/mol. The second kappa shape index (κ2) is 6.64. The van der Waals surface area contributed by atoms with E-state index in [0.717, 1.165) is 0 Å². The maximum atomic E-state index is 11.7. The zero-order chi connectivity index (χ0) is 15.2. The summed E-state index contributed by atoms with van der Waals surface area (Å²) in [5, 5.41) is 15.6. The van der Waals surface area contributed by atoms with Crippen LogP contribution in [0.3, 0.4) is 0 Å². The smallest absolute Gasteiger partial charge is 0.315 e. The number of rotatable bonds is 6. The molecule has 2 amide bonds. The van der Waals surface area contributed by atoms with E-state index < -0.39 is 6.04 Å². The molecule has 2 heterocycles. The van der Waals surface area contributed by atoms with Crippen molar-refractivity contribution in [1.29, 1.82) is 0 Å². The molecule has 0 aliphatic heterocycles. The first kappa shape index (κ1) is 14.7. The molecule has 0 bridgehead atoms. The molecule has 2 rings (SSSR count). The fourth-order valence-electron chi connectivity index (χ4n) is 1.64. The van der Waals surface area contributed by atoms with Gasteiger partial charge in [0, 0.05) is 6.54 Å². The highest BCUT2D eigenvalue weighted by Gasteiger charge is 2.25. The lowest BCUT2D eigenvalue weighted by molar-refractivity contribution is 0.226. The minimum atomic E-state index is -0.404. The zero-order valence-electron chi connectivity index (χ0n) is 11.8. The van der Waals surface area contributed by atoms with E-state index in [9.17, 15) is 4.79 Å². The van der Waals surface area contributed by atoms with Crippen LogP contribution in [0.25, 0.3) is 11.6 Å². The fourth-order valence-corrected chi connectivity index (χ4v) is 1.64. The second-order valence-corrected chi connectivity index (χ2v) is 4.66. The molecule has 0 saturated heterocycles. The molecule has 0 aliphatic carbocycles. The number of aromatic nitrogens is 5. The third-order valence-electron chi connectivity index (χ3n) is 2.69. The predicted octanol–water partition coefficient (Wildman–Crippen LogP) is 1.04. The molecule has 0 spiro atoms. The van der Waals surface area contributed by atoms with Gasteiger partial charge in [-0.3, -0.25) is 5.10 Å². The summed E-state index contributed by atoms with van der Waals surface area (Å²) in [5.41, 5.74) is 0. The number of amides is 2. The number of urea groups is 1. The van der Waals surface area contributed by atoms with Crippen molar-refractivity contribution in [3.63, 3.8) is 0 Å². The minimum absolute atomic E-state index is 0.0718. The average molecular weight is 291 g/mol. The van der Waals surface area contributed by atoms with Gasteiger partial charge in [0.1, 0.15) is 12.4 Å². The van der Waals surface area contributed by atoms with Gasteiger partial charge in [-0.1, -0.05) is 25.1 Å². The highest BCUT2D eigenvalue weighted by molar-refractivity contribution is 5.74. The van der Waals surface area contributed by atoms with Crippen molar-refractivity contribution in [1.82, 2.24) is 36.0 Å². The summed E-state index contributed by atoms with van der Waals surface area (Å²) >= 11 is 0. The van der Waals surface area contributed by atoms with E-state index in [4.69, 9.17) is 4.52 Å². The first-order chi connectivity index (χ1) is 10.1. The lowest BCUT2D eigenvalue weighted by atomic mass is 10.0. The van der Waals surface area contributed by atoms with Crippen molar-refractivity contribution in [2.45, 2.75) is 19.9 Å². The van der Waals surface area contributed by atoms with Crippen LogP contribution in [-0.4, -0.2) is 37.9 Å². The number of nitrogens with zero attached hydrogens (tertiary/aromatic N) is 4. The molecule has 0 unspecified atom stereocenters. The van der Waals surface area contributed by atoms with E-state index in [0.29, 0.717) is 24.1 Å². The Kier molecular flexibility index (Phi) is 4.64. The third-order valence-corrected chi connectivity index (χ3v) is 2.69.